The van der Waals surface area contributed by atoms with Crippen molar-refractivity contribution in [1.29, 1.82) is 0 Å². The lowest BCUT2D eigenvalue weighted by molar-refractivity contribution is -0.146. The van der Waals surface area contributed by atoms with Gasteiger partial charge in [0, 0.05) is 15.6 Å². The Hall–Kier alpha value is -2.24. The van der Waals surface area contributed by atoms with E-state index in [0.717, 1.165) is 5.56 Å². The van der Waals surface area contributed by atoms with Crippen molar-refractivity contribution < 1.29 is 19.1 Å². The van der Waals surface area contributed by atoms with Gasteiger partial charge in [-0.05, 0) is 36.8 Å². The Morgan fingerprint density at radius 1 is 1.12 bits per heavy atom. The van der Waals surface area contributed by atoms with Crippen LogP contribution in [0.15, 0.2) is 36.4 Å². The van der Waals surface area contributed by atoms with E-state index in [1.54, 1.807) is 30.3 Å². The molecule has 0 unspecified atom stereocenters. The quantitative estimate of drug-likeness (QED) is 0.766. The second-order valence-corrected chi connectivity index (χ2v) is 6.10. The zero-order chi connectivity index (χ0) is 18.4. The van der Waals surface area contributed by atoms with Crippen molar-refractivity contribution in [2.24, 2.45) is 0 Å². The third kappa shape index (κ3) is 5.37. The van der Waals surface area contributed by atoms with Crippen LogP contribution >= 0.6 is 23.2 Å². The number of carbonyl (C=O) groups is 2. The summed E-state index contributed by atoms with van der Waals surface area (Å²) in [5.74, 6) is -0.544. The van der Waals surface area contributed by atoms with Crippen LogP contribution in [0.5, 0.6) is 5.75 Å². The highest BCUT2D eigenvalue weighted by Crippen LogP contribution is 2.26. The number of rotatable bonds is 6. The SMILES string of the molecule is COc1ccc(C)cc1NC(=O)COC(=O)Cc1c(Cl)cccc1Cl. The molecule has 0 bridgehead atoms. The van der Waals surface area contributed by atoms with Crippen molar-refractivity contribution in [3.8, 4) is 5.75 Å². The number of nitrogens with one attached hydrogen (secondary N) is 1. The van der Waals surface area contributed by atoms with Gasteiger partial charge in [-0.3, -0.25) is 9.59 Å². The molecular weight excluding hydrogens is 365 g/mol. The molecule has 0 aliphatic heterocycles. The predicted molar refractivity (Wildman–Crippen MR) is 97.5 cm³/mol. The van der Waals surface area contributed by atoms with E-state index in [-0.39, 0.29) is 6.42 Å². The number of ether oxygens (including phenoxy) is 2. The van der Waals surface area contributed by atoms with Gasteiger partial charge in [0.2, 0.25) is 0 Å². The van der Waals surface area contributed by atoms with Gasteiger partial charge >= 0.3 is 5.97 Å². The Balaban J connectivity index is 1.92. The van der Waals surface area contributed by atoms with E-state index in [1.807, 2.05) is 13.0 Å². The Labute approximate surface area is 155 Å². The number of benzene rings is 2. The van der Waals surface area contributed by atoms with Crippen molar-refractivity contribution >= 4 is 40.8 Å². The molecule has 0 heterocycles. The molecule has 5 nitrogen and oxygen atoms in total. The van der Waals surface area contributed by atoms with Gasteiger partial charge in [0.15, 0.2) is 6.61 Å². The maximum absolute atomic E-state index is 12.0. The van der Waals surface area contributed by atoms with Crippen LogP contribution in [0, 0.1) is 6.92 Å². The molecular formula is C18H17Cl2NO4. The third-order valence-electron chi connectivity index (χ3n) is 3.38. The molecule has 0 atom stereocenters. The second-order valence-electron chi connectivity index (χ2n) is 5.29. The first-order valence-electron chi connectivity index (χ1n) is 7.43. The topological polar surface area (TPSA) is 64.6 Å². The molecule has 0 spiro atoms. The minimum atomic E-state index is -0.596. The molecule has 1 amide bonds. The Morgan fingerprint density at radius 2 is 1.80 bits per heavy atom. The fraction of sp³-hybridized carbons (Fsp3) is 0.222. The lowest BCUT2D eigenvalue weighted by atomic mass is 10.1. The molecule has 25 heavy (non-hydrogen) atoms. The number of anilines is 1. The number of amides is 1. The van der Waals surface area contributed by atoms with Crippen molar-refractivity contribution in [3.63, 3.8) is 0 Å². The summed E-state index contributed by atoms with van der Waals surface area (Å²) in [6.45, 7) is 1.47. The van der Waals surface area contributed by atoms with E-state index >= 15 is 0 Å². The van der Waals surface area contributed by atoms with Gasteiger partial charge in [0.25, 0.3) is 5.91 Å². The minimum absolute atomic E-state index is 0.112. The normalized spacial score (nSPS) is 10.2. The van der Waals surface area contributed by atoms with E-state index in [9.17, 15) is 9.59 Å². The number of halogens is 2. The standard InChI is InChI=1S/C18H17Cl2NO4/c1-11-6-7-16(24-2)15(8-11)21-17(22)10-25-18(23)9-12-13(19)4-3-5-14(12)20/h3-8H,9-10H2,1-2H3,(H,21,22). The van der Waals surface area contributed by atoms with Gasteiger partial charge in [0.1, 0.15) is 5.75 Å². The zero-order valence-corrected chi connectivity index (χ0v) is 15.3. The number of methoxy groups -OCH3 is 1. The second kappa shape index (κ2) is 8.74. The average Bonchev–Trinajstić information content (AvgIpc) is 2.57. The van der Waals surface area contributed by atoms with Crippen molar-refractivity contribution in [3.05, 3.63) is 57.6 Å². The highest BCUT2D eigenvalue weighted by Gasteiger charge is 2.14. The van der Waals surface area contributed by atoms with Crippen molar-refractivity contribution in [2.75, 3.05) is 19.0 Å². The fourth-order valence-corrected chi connectivity index (χ4v) is 2.68. The van der Waals surface area contributed by atoms with E-state index in [1.165, 1.54) is 7.11 Å². The molecule has 1 N–H and O–H groups in total. The maximum atomic E-state index is 12.0. The molecule has 2 aromatic carbocycles. The lowest BCUT2D eigenvalue weighted by Crippen LogP contribution is -2.22. The summed E-state index contributed by atoms with van der Waals surface area (Å²) in [5.41, 5.74) is 1.94. The van der Waals surface area contributed by atoms with Gasteiger partial charge < -0.3 is 14.8 Å². The Bertz CT molecular complexity index is 772. The largest absolute Gasteiger partial charge is 0.495 e. The summed E-state index contributed by atoms with van der Waals surface area (Å²) in [7, 11) is 1.51. The zero-order valence-electron chi connectivity index (χ0n) is 13.8. The van der Waals surface area contributed by atoms with E-state index in [2.05, 4.69) is 5.32 Å². The van der Waals surface area contributed by atoms with Crippen molar-refractivity contribution in [1.82, 2.24) is 0 Å². The molecule has 2 rings (SSSR count). The molecule has 0 aliphatic rings. The Morgan fingerprint density at radius 3 is 2.44 bits per heavy atom. The number of esters is 1. The monoisotopic (exact) mass is 381 g/mol. The van der Waals surface area contributed by atoms with E-state index < -0.39 is 18.5 Å². The summed E-state index contributed by atoms with van der Waals surface area (Å²) in [5, 5.41) is 3.40. The van der Waals surface area contributed by atoms with Gasteiger partial charge in [-0.15, -0.1) is 0 Å². The predicted octanol–water partition coefficient (Wildman–Crippen LogP) is 4.03. The van der Waals surface area contributed by atoms with E-state index in [4.69, 9.17) is 32.7 Å². The lowest BCUT2D eigenvalue weighted by Gasteiger charge is -2.11. The highest BCUT2D eigenvalue weighted by atomic mass is 35.5. The summed E-state index contributed by atoms with van der Waals surface area (Å²) in [4.78, 5) is 23.9. The summed E-state index contributed by atoms with van der Waals surface area (Å²) < 4.78 is 10.2. The fourth-order valence-electron chi connectivity index (χ4n) is 2.15. The molecule has 0 saturated carbocycles. The van der Waals surface area contributed by atoms with E-state index in [0.29, 0.717) is 27.0 Å². The average molecular weight is 382 g/mol. The first kappa shape index (κ1) is 19.1. The van der Waals surface area contributed by atoms with Gasteiger partial charge in [0.05, 0.1) is 19.2 Å². The highest BCUT2D eigenvalue weighted by molar-refractivity contribution is 6.36. The molecule has 7 heteroatoms. The molecule has 0 aromatic heterocycles. The van der Waals surface area contributed by atoms with Crippen LogP contribution in [-0.2, 0) is 20.7 Å². The Kier molecular flexibility index (Phi) is 6.67. The number of hydrogen-bond donors (Lipinski definition) is 1. The first-order valence-corrected chi connectivity index (χ1v) is 8.19. The van der Waals surface area contributed by atoms with Crippen LogP contribution in [0.3, 0.4) is 0 Å². The number of hydrogen-bond acceptors (Lipinski definition) is 4. The van der Waals surface area contributed by atoms with Crippen molar-refractivity contribution in [2.45, 2.75) is 13.3 Å². The van der Waals surface area contributed by atoms with Crippen LogP contribution in [0.1, 0.15) is 11.1 Å². The van der Waals surface area contributed by atoms with Crippen LogP contribution in [0.4, 0.5) is 5.69 Å². The number of carbonyl (C=O) groups excluding carboxylic acids is 2. The van der Waals surface area contributed by atoms with Gasteiger partial charge in [-0.1, -0.05) is 35.3 Å². The van der Waals surface area contributed by atoms with Crippen LogP contribution in [0.25, 0.3) is 0 Å². The number of aryl methyl sites for hydroxylation is 1. The molecule has 2 aromatic rings. The maximum Gasteiger partial charge on any atom is 0.310 e. The summed E-state index contributed by atoms with van der Waals surface area (Å²) in [6.07, 6.45) is -0.112. The molecule has 132 valence electrons. The summed E-state index contributed by atoms with van der Waals surface area (Å²) >= 11 is 12.0. The van der Waals surface area contributed by atoms with Crippen LogP contribution < -0.4 is 10.1 Å². The molecule has 0 fully saturated rings. The first-order chi connectivity index (χ1) is 11.9. The smallest absolute Gasteiger partial charge is 0.310 e. The van der Waals surface area contributed by atoms with Gasteiger partial charge in [-0.25, -0.2) is 0 Å². The summed E-state index contributed by atoms with van der Waals surface area (Å²) in [6, 6.07) is 10.3. The molecule has 0 aliphatic carbocycles. The van der Waals surface area contributed by atoms with Gasteiger partial charge in [-0.2, -0.15) is 0 Å². The van der Waals surface area contributed by atoms with Crippen LogP contribution in [-0.4, -0.2) is 25.6 Å². The minimum Gasteiger partial charge on any atom is -0.495 e. The molecule has 0 radical (unpaired) electrons. The molecule has 0 saturated heterocycles. The third-order valence-corrected chi connectivity index (χ3v) is 4.08. The van der Waals surface area contributed by atoms with Crippen LogP contribution in [0.2, 0.25) is 10.0 Å².